The Morgan fingerprint density at radius 3 is 2.44 bits per heavy atom. The number of hydrogen-bond acceptors (Lipinski definition) is 4. The highest BCUT2D eigenvalue weighted by Crippen LogP contribution is 2.36. The van der Waals surface area contributed by atoms with Gasteiger partial charge < -0.3 is 9.80 Å². The highest BCUT2D eigenvalue weighted by Gasteiger charge is 2.28. The molecule has 130 valence electrons. The molecule has 0 aliphatic carbocycles. The second-order valence-corrected chi connectivity index (χ2v) is 7.03. The molecule has 1 fully saturated rings. The molecular formula is C20H24N4O. The number of nitrogens with zero attached hydrogens (tertiary/aromatic N) is 4. The third kappa shape index (κ3) is 3.11. The molecule has 2 aliphatic rings. The predicted molar refractivity (Wildman–Crippen MR) is 98.2 cm³/mol. The zero-order valence-corrected chi connectivity index (χ0v) is 14.7. The first-order chi connectivity index (χ1) is 12.2. The van der Waals surface area contributed by atoms with E-state index in [4.69, 9.17) is 0 Å². The third-order valence-electron chi connectivity index (χ3n) is 5.20. The lowest BCUT2D eigenvalue weighted by molar-refractivity contribution is 0.0761. The molecule has 1 amide bonds. The van der Waals surface area contributed by atoms with Gasteiger partial charge in [-0.05, 0) is 37.8 Å². The Balaban J connectivity index is 1.55. The van der Waals surface area contributed by atoms with Gasteiger partial charge >= 0.3 is 0 Å². The molecule has 1 aromatic heterocycles. The van der Waals surface area contributed by atoms with E-state index in [-0.39, 0.29) is 5.91 Å². The van der Waals surface area contributed by atoms with Crippen molar-refractivity contribution in [1.29, 1.82) is 0 Å². The number of carbonyl (C=O) groups is 1. The number of benzene rings is 1. The van der Waals surface area contributed by atoms with E-state index in [0.29, 0.717) is 17.6 Å². The molecule has 0 bridgehead atoms. The summed E-state index contributed by atoms with van der Waals surface area (Å²) >= 11 is 0. The Bertz CT molecular complexity index is 751. The Kier molecular flexibility index (Phi) is 4.38. The zero-order valence-electron chi connectivity index (χ0n) is 14.7. The molecule has 4 rings (SSSR count). The number of likely N-dealkylation sites (tertiary alicyclic amines) is 1. The zero-order chi connectivity index (χ0) is 17.2. The monoisotopic (exact) mass is 336 g/mol. The Labute approximate surface area is 148 Å². The van der Waals surface area contributed by atoms with Crippen molar-refractivity contribution in [2.75, 3.05) is 18.0 Å². The fourth-order valence-corrected chi connectivity index (χ4v) is 3.88. The first-order valence-corrected chi connectivity index (χ1v) is 9.22. The molecule has 5 nitrogen and oxygen atoms in total. The summed E-state index contributed by atoms with van der Waals surface area (Å²) in [7, 11) is 0. The predicted octanol–water partition coefficient (Wildman–Crippen LogP) is 3.58. The van der Waals surface area contributed by atoms with Crippen molar-refractivity contribution in [3.05, 3.63) is 47.8 Å². The smallest absolute Gasteiger partial charge is 0.256 e. The van der Waals surface area contributed by atoms with Crippen LogP contribution in [0.5, 0.6) is 0 Å². The fraction of sp³-hybridized carbons (Fsp3) is 0.450. The number of carbonyl (C=O) groups excluding carboxylic acids is 1. The lowest BCUT2D eigenvalue weighted by Gasteiger charge is -2.23. The van der Waals surface area contributed by atoms with Crippen molar-refractivity contribution in [2.45, 2.75) is 45.1 Å². The largest absolute Gasteiger partial charge is 0.339 e. The average Bonchev–Trinajstić information content (AvgIpc) is 2.81. The number of anilines is 2. The Morgan fingerprint density at radius 2 is 1.72 bits per heavy atom. The number of fused-ring (bicyclic) bond motifs is 1. The molecule has 1 unspecified atom stereocenters. The second kappa shape index (κ2) is 6.82. The number of para-hydroxylation sites is 1. The van der Waals surface area contributed by atoms with Crippen LogP contribution in [0.1, 0.15) is 48.5 Å². The lowest BCUT2D eigenvalue weighted by atomic mass is 10.1. The number of amides is 1. The molecular weight excluding hydrogens is 312 g/mol. The van der Waals surface area contributed by atoms with E-state index in [1.807, 2.05) is 11.0 Å². The van der Waals surface area contributed by atoms with Crippen molar-refractivity contribution in [2.24, 2.45) is 0 Å². The van der Waals surface area contributed by atoms with Crippen LogP contribution in [0.2, 0.25) is 0 Å². The SMILES string of the molecule is CC1Cc2ccccc2N1c1ncc(C(=O)N2CCCCCC2)cn1. The average molecular weight is 336 g/mol. The maximum atomic E-state index is 12.7. The first-order valence-electron chi connectivity index (χ1n) is 9.22. The minimum absolute atomic E-state index is 0.0586. The van der Waals surface area contributed by atoms with Crippen molar-refractivity contribution < 1.29 is 4.79 Å². The van der Waals surface area contributed by atoms with Crippen LogP contribution >= 0.6 is 0 Å². The number of hydrogen-bond donors (Lipinski definition) is 0. The van der Waals surface area contributed by atoms with E-state index >= 15 is 0 Å². The van der Waals surface area contributed by atoms with Crippen LogP contribution in [0.3, 0.4) is 0 Å². The summed E-state index contributed by atoms with van der Waals surface area (Å²) in [5.41, 5.74) is 3.08. The van der Waals surface area contributed by atoms with Crippen molar-refractivity contribution >= 4 is 17.5 Å². The molecule has 1 saturated heterocycles. The van der Waals surface area contributed by atoms with Gasteiger partial charge in [-0.3, -0.25) is 4.79 Å². The summed E-state index contributed by atoms with van der Waals surface area (Å²) in [6.07, 6.45) is 8.97. The van der Waals surface area contributed by atoms with Crippen LogP contribution in [0.4, 0.5) is 11.6 Å². The van der Waals surface area contributed by atoms with Gasteiger partial charge in [-0.2, -0.15) is 0 Å². The molecule has 0 spiro atoms. The van der Waals surface area contributed by atoms with Crippen molar-refractivity contribution in [1.82, 2.24) is 14.9 Å². The van der Waals surface area contributed by atoms with Crippen LogP contribution in [0.25, 0.3) is 0 Å². The molecule has 1 aromatic carbocycles. The number of rotatable bonds is 2. The van der Waals surface area contributed by atoms with Crippen molar-refractivity contribution in [3.63, 3.8) is 0 Å². The van der Waals surface area contributed by atoms with E-state index in [1.165, 1.54) is 24.1 Å². The van der Waals surface area contributed by atoms with Gasteiger partial charge in [-0.15, -0.1) is 0 Å². The van der Waals surface area contributed by atoms with Crippen molar-refractivity contribution in [3.8, 4) is 0 Å². The van der Waals surface area contributed by atoms with Crippen LogP contribution < -0.4 is 4.90 Å². The van der Waals surface area contributed by atoms with Crippen LogP contribution in [0.15, 0.2) is 36.7 Å². The van der Waals surface area contributed by atoms with Gasteiger partial charge in [0.1, 0.15) is 0 Å². The normalized spacial score (nSPS) is 20.3. The summed E-state index contributed by atoms with van der Waals surface area (Å²) in [5, 5.41) is 0. The fourth-order valence-electron chi connectivity index (χ4n) is 3.88. The van der Waals surface area contributed by atoms with E-state index in [0.717, 1.165) is 32.4 Å². The molecule has 25 heavy (non-hydrogen) atoms. The first kappa shape index (κ1) is 16.1. The van der Waals surface area contributed by atoms with Gasteiger partial charge in [0, 0.05) is 37.2 Å². The molecule has 0 N–H and O–H groups in total. The van der Waals surface area contributed by atoms with Gasteiger partial charge in [0.25, 0.3) is 5.91 Å². The molecule has 2 aromatic rings. The van der Waals surface area contributed by atoms with E-state index in [9.17, 15) is 4.79 Å². The summed E-state index contributed by atoms with van der Waals surface area (Å²) in [6, 6.07) is 8.70. The van der Waals surface area contributed by atoms with Gasteiger partial charge in [0.15, 0.2) is 0 Å². The molecule has 1 atom stereocenters. The maximum absolute atomic E-state index is 12.7. The third-order valence-corrected chi connectivity index (χ3v) is 5.20. The minimum atomic E-state index is 0.0586. The summed E-state index contributed by atoms with van der Waals surface area (Å²) in [4.78, 5) is 25.8. The molecule has 5 heteroatoms. The topological polar surface area (TPSA) is 49.3 Å². The van der Waals surface area contributed by atoms with E-state index < -0.39 is 0 Å². The highest BCUT2D eigenvalue weighted by atomic mass is 16.2. The quantitative estimate of drug-likeness (QED) is 0.841. The molecule has 0 saturated carbocycles. The maximum Gasteiger partial charge on any atom is 0.256 e. The number of aromatic nitrogens is 2. The molecule has 3 heterocycles. The Hall–Kier alpha value is -2.43. The van der Waals surface area contributed by atoms with Gasteiger partial charge in [0.2, 0.25) is 5.95 Å². The molecule has 2 aliphatic heterocycles. The van der Waals surface area contributed by atoms with Crippen LogP contribution in [-0.2, 0) is 6.42 Å². The van der Waals surface area contributed by atoms with Crippen LogP contribution in [-0.4, -0.2) is 39.9 Å². The summed E-state index contributed by atoms with van der Waals surface area (Å²) in [5.74, 6) is 0.730. The minimum Gasteiger partial charge on any atom is -0.339 e. The van der Waals surface area contributed by atoms with E-state index in [1.54, 1.807) is 12.4 Å². The van der Waals surface area contributed by atoms with Gasteiger partial charge in [-0.1, -0.05) is 31.0 Å². The summed E-state index contributed by atoms with van der Waals surface area (Å²) < 4.78 is 0. The van der Waals surface area contributed by atoms with Gasteiger partial charge in [-0.25, -0.2) is 9.97 Å². The lowest BCUT2D eigenvalue weighted by Crippen LogP contribution is -2.32. The standard InChI is InChI=1S/C20H24N4O/c1-15-12-16-8-4-5-9-18(16)24(15)20-21-13-17(14-22-20)19(25)23-10-6-2-3-7-11-23/h4-5,8-9,13-15H,2-3,6-7,10-12H2,1H3. The molecule has 0 radical (unpaired) electrons. The Morgan fingerprint density at radius 1 is 1.04 bits per heavy atom. The highest BCUT2D eigenvalue weighted by molar-refractivity contribution is 5.93. The van der Waals surface area contributed by atoms with Gasteiger partial charge in [0.05, 0.1) is 5.56 Å². The summed E-state index contributed by atoms with van der Waals surface area (Å²) in [6.45, 7) is 3.87. The second-order valence-electron chi connectivity index (χ2n) is 7.03. The van der Waals surface area contributed by atoms with Crippen LogP contribution in [0, 0.1) is 0 Å². The van der Waals surface area contributed by atoms with E-state index in [2.05, 4.69) is 40.0 Å².